The zero-order chi connectivity index (χ0) is 15.6. The molecule has 21 heavy (non-hydrogen) atoms. The average Bonchev–Trinajstić information content (AvgIpc) is 2.43. The van der Waals surface area contributed by atoms with Crippen LogP contribution < -0.4 is 5.32 Å². The first-order valence-corrected chi connectivity index (χ1v) is 6.99. The van der Waals surface area contributed by atoms with Gasteiger partial charge in [0.25, 0.3) is 0 Å². The van der Waals surface area contributed by atoms with E-state index in [2.05, 4.69) is 11.9 Å². The number of nitrogens with zero attached hydrogens (tertiary/aromatic N) is 1. The number of rotatable bonds is 4. The Morgan fingerprint density at radius 2 is 2.05 bits per heavy atom. The number of halogens is 1. The minimum Gasteiger partial charge on any atom is -0.327 e. The second-order valence-corrected chi connectivity index (χ2v) is 5.33. The van der Waals surface area contributed by atoms with Crippen LogP contribution in [0.15, 0.2) is 48.2 Å². The molecule has 1 N–H and O–H groups in total. The summed E-state index contributed by atoms with van der Waals surface area (Å²) in [5.41, 5.74) is 2.07. The van der Waals surface area contributed by atoms with Crippen molar-refractivity contribution in [1.29, 1.82) is 0 Å². The predicted molar refractivity (Wildman–Crippen MR) is 83.0 cm³/mol. The van der Waals surface area contributed by atoms with Gasteiger partial charge in [-0.15, -0.1) is 6.58 Å². The number of ketones is 1. The van der Waals surface area contributed by atoms with E-state index < -0.39 is 6.04 Å². The van der Waals surface area contributed by atoms with E-state index in [1.807, 2.05) is 12.1 Å². The summed E-state index contributed by atoms with van der Waals surface area (Å²) >= 11 is 5.89. The lowest BCUT2D eigenvalue weighted by molar-refractivity contribution is -0.114. The Labute approximate surface area is 129 Å². The Morgan fingerprint density at radius 3 is 2.57 bits per heavy atom. The lowest BCUT2D eigenvalue weighted by Gasteiger charge is -2.35. The monoisotopic (exact) mass is 304 g/mol. The summed E-state index contributed by atoms with van der Waals surface area (Å²) in [6.45, 7) is 7.28. The Hall–Kier alpha value is -2.07. The van der Waals surface area contributed by atoms with Crippen molar-refractivity contribution in [3.63, 3.8) is 0 Å². The van der Waals surface area contributed by atoms with Crippen molar-refractivity contribution in [2.75, 3.05) is 6.54 Å². The molecular weight excluding hydrogens is 288 g/mol. The van der Waals surface area contributed by atoms with Crippen molar-refractivity contribution in [1.82, 2.24) is 10.2 Å². The lowest BCUT2D eigenvalue weighted by Crippen LogP contribution is -2.47. The van der Waals surface area contributed by atoms with E-state index in [4.69, 9.17) is 11.6 Å². The van der Waals surface area contributed by atoms with Crippen LogP contribution in [-0.4, -0.2) is 23.3 Å². The number of nitrogens with one attached hydrogen (secondary N) is 1. The van der Waals surface area contributed by atoms with E-state index >= 15 is 0 Å². The number of carbonyl (C=O) groups excluding carboxylic acids is 2. The Morgan fingerprint density at radius 1 is 1.43 bits per heavy atom. The largest absolute Gasteiger partial charge is 0.327 e. The quantitative estimate of drug-likeness (QED) is 0.866. The molecule has 0 saturated carbocycles. The summed E-state index contributed by atoms with van der Waals surface area (Å²) in [4.78, 5) is 25.7. The van der Waals surface area contributed by atoms with E-state index in [1.54, 1.807) is 25.1 Å². The van der Waals surface area contributed by atoms with Crippen LogP contribution in [0, 0.1) is 0 Å². The summed E-state index contributed by atoms with van der Waals surface area (Å²) in [5.74, 6) is -0.0680. The number of benzene rings is 1. The van der Waals surface area contributed by atoms with Gasteiger partial charge in [0.15, 0.2) is 5.78 Å². The van der Waals surface area contributed by atoms with Crippen LogP contribution in [0.5, 0.6) is 0 Å². The molecule has 0 fully saturated rings. The molecule has 0 radical (unpaired) electrons. The highest BCUT2D eigenvalue weighted by molar-refractivity contribution is 6.30. The van der Waals surface area contributed by atoms with Crippen LogP contribution in [0.25, 0.3) is 0 Å². The molecule has 4 nitrogen and oxygen atoms in total. The third-order valence-electron chi connectivity index (χ3n) is 3.49. The lowest BCUT2D eigenvalue weighted by atomic mass is 9.92. The Kier molecular flexibility index (Phi) is 4.48. The van der Waals surface area contributed by atoms with Gasteiger partial charge in [-0.25, -0.2) is 4.79 Å². The first kappa shape index (κ1) is 15.3. The van der Waals surface area contributed by atoms with Crippen LogP contribution in [0.4, 0.5) is 4.79 Å². The zero-order valence-electron chi connectivity index (χ0n) is 12.0. The standard InChI is InChI=1S/C16H17ClN2O2/c1-4-9-19-10(2)14(11(3)20)15(18-16(19)21)12-5-7-13(17)8-6-12/h4-8,15H,1,9H2,2-3H3,(H,18,21). The van der Waals surface area contributed by atoms with Crippen molar-refractivity contribution >= 4 is 23.4 Å². The van der Waals surface area contributed by atoms with Gasteiger partial charge in [-0.2, -0.15) is 0 Å². The smallest absolute Gasteiger partial charge is 0.322 e. The fourth-order valence-electron chi connectivity index (χ4n) is 2.49. The molecule has 0 aliphatic carbocycles. The van der Waals surface area contributed by atoms with E-state index in [0.717, 1.165) is 5.56 Å². The van der Waals surface area contributed by atoms with Crippen LogP contribution in [0.3, 0.4) is 0 Å². The minimum absolute atomic E-state index is 0.0680. The SMILES string of the molecule is C=CCN1C(=O)NC(c2ccc(Cl)cc2)C(C(C)=O)=C1C. The van der Waals surface area contributed by atoms with Gasteiger partial charge in [0.1, 0.15) is 0 Å². The fraction of sp³-hybridized carbons (Fsp3) is 0.250. The van der Waals surface area contributed by atoms with Crippen LogP contribution in [0.1, 0.15) is 25.5 Å². The number of urea groups is 1. The van der Waals surface area contributed by atoms with E-state index in [9.17, 15) is 9.59 Å². The summed E-state index contributed by atoms with van der Waals surface area (Å²) < 4.78 is 0. The molecule has 0 saturated heterocycles. The molecule has 1 heterocycles. The molecule has 110 valence electrons. The average molecular weight is 305 g/mol. The van der Waals surface area contributed by atoms with Crippen molar-refractivity contribution in [2.24, 2.45) is 0 Å². The third kappa shape index (κ3) is 3.00. The summed E-state index contributed by atoms with van der Waals surface area (Å²) in [6, 6.07) is 6.42. The number of allylic oxidation sites excluding steroid dienone is 1. The number of Topliss-reactive ketones (excluding diaryl/α,β-unsaturated/α-hetero) is 1. The van der Waals surface area contributed by atoms with Crippen molar-refractivity contribution in [2.45, 2.75) is 19.9 Å². The van der Waals surface area contributed by atoms with Gasteiger partial charge >= 0.3 is 6.03 Å². The molecule has 1 aliphatic heterocycles. The van der Waals surface area contributed by atoms with Crippen LogP contribution in [0.2, 0.25) is 5.02 Å². The Bertz CT molecular complexity index is 620. The van der Waals surface area contributed by atoms with E-state index in [1.165, 1.54) is 11.8 Å². The third-order valence-corrected chi connectivity index (χ3v) is 3.74. The van der Waals surface area contributed by atoms with Crippen molar-refractivity contribution < 1.29 is 9.59 Å². The molecule has 1 aromatic carbocycles. The predicted octanol–water partition coefficient (Wildman–Crippen LogP) is 3.46. The second kappa shape index (κ2) is 6.14. The minimum atomic E-state index is -0.451. The van der Waals surface area contributed by atoms with Gasteiger partial charge in [0.2, 0.25) is 0 Å². The molecular formula is C16H17ClN2O2. The molecule has 1 aromatic rings. The topological polar surface area (TPSA) is 49.4 Å². The fourth-order valence-corrected chi connectivity index (χ4v) is 2.62. The first-order chi connectivity index (χ1) is 9.95. The van der Waals surface area contributed by atoms with Crippen molar-refractivity contribution in [3.8, 4) is 0 Å². The zero-order valence-corrected chi connectivity index (χ0v) is 12.8. The van der Waals surface area contributed by atoms with E-state index in [-0.39, 0.29) is 11.8 Å². The van der Waals surface area contributed by atoms with Gasteiger partial charge in [0, 0.05) is 22.8 Å². The number of hydrogen-bond acceptors (Lipinski definition) is 2. The highest BCUT2D eigenvalue weighted by Crippen LogP contribution is 2.31. The van der Waals surface area contributed by atoms with E-state index in [0.29, 0.717) is 22.8 Å². The maximum absolute atomic E-state index is 12.2. The maximum Gasteiger partial charge on any atom is 0.322 e. The van der Waals surface area contributed by atoms with Crippen LogP contribution >= 0.6 is 11.6 Å². The Balaban J connectivity index is 2.50. The molecule has 0 spiro atoms. The number of carbonyl (C=O) groups is 2. The highest BCUT2D eigenvalue weighted by Gasteiger charge is 2.33. The number of amides is 2. The molecule has 1 atom stereocenters. The van der Waals surface area contributed by atoms with Gasteiger partial charge in [-0.1, -0.05) is 29.8 Å². The van der Waals surface area contributed by atoms with Gasteiger partial charge in [-0.05, 0) is 31.5 Å². The second-order valence-electron chi connectivity index (χ2n) is 4.89. The van der Waals surface area contributed by atoms with Crippen LogP contribution in [-0.2, 0) is 4.79 Å². The van der Waals surface area contributed by atoms with Gasteiger partial charge in [-0.3, -0.25) is 9.69 Å². The highest BCUT2D eigenvalue weighted by atomic mass is 35.5. The molecule has 2 rings (SSSR count). The first-order valence-electron chi connectivity index (χ1n) is 6.61. The van der Waals surface area contributed by atoms with Crippen molar-refractivity contribution in [3.05, 3.63) is 58.8 Å². The molecule has 5 heteroatoms. The summed E-state index contributed by atoms with van der Waals surface area (Å²) in [7, 11) is 0. The molecule has 2 amide bonds. The van der Waals surface area contributed by atoms with Gasteiger partial charge in [0.05, 0.1) is 6.04 Å². The summed E-state index contributed by atoms with van der Waals surface area (Å²) in [6.07, 6.45) is 1.63. The molecule has 0 bridgehead atoms. The molecule has 1 aliphatic rings. The number of hydrogen-bond donors (Lipinski definition) is 1. The molecule has 0 aromatic heterocycles. The maximum atomic E-state index is 12.2. The summed E-state index contributed by atoms with van der Waals surface area (Å²) in [5, 5.41) is 3.48. The molecule has 1 unspecified atom stereocenters. The normalized spacial score (nSPS) is 18.5. The van der Waals surface area contributed by atoms with Gasteiger partial charge < -0.3 is 5.32 Å².